The summed E-state index contributed by atoms with van der Waals surface area (Å²) < 4.78 is 13.4. The van der Waals surface area contributed by atoms with Gasteiger partial charge in [-0.1, -0.05) is 30.3 Å². The molecule has 6 rings (SSSR count). The van der Waals surface area contributed by atoms with Crippen LogP contribution in [0.2, 0.25) is 0 Å². The van der Waals surface area contributed by atoms with E-state index in [1.54, 1.807) is 12.0 Å². The van der Waals surface area contributed by atoms with Crippen molar-refractivity contribution in [1.82, 2.24) is 14.4 Å². The molecule has 0 N–H and O–H groups in total. The summed E-state index contributed by atoms with van der Waals surface area (Å²) in [5, 5.41) is 1.19. The number of likely N-dealkylation sites (tertiary alicyclic amines) is 1. The van der Waals surface area contributed by atoms with Crippen molar-refractivity contribution >= 4 is 28.6 Å². The van der Waals surface area contributed by atoms with Crippen LogP contribution >= 0.6 is 0 Å². The van der Waals surface area contributed by atoms with Crippen molar-refractivity contribution in [3.05, 3.63) is 65.9 Å². The van der Waals surface area contributed by atoms with Crippen LogP contribution in [0.15, 0.2) is 54.7 Å². The largest absolute Gasteiger partial charge is 0.444 e. The second-order valence-corrected chi connectivity index (χ2v) is 15.6. The van der Waals surface area contributed by atoms with Gasteiger partial charge in [0.2, 0.25) is 5.91 Å². The average molecular weight is 703 g/mol. The Bertz CT molecular complexity index is 1600. The first-order valence-electron chi connectivity index (χ1n) is 19.1. The van der Waals surface area contributed by atoms with Gasteiger partial charge in [0.25, 0.3) is 0 Å². The van der Waals surface area contributed by atoms with E-state index >= 15 is 0 Å². The van der Waals surface area contributed by atoms with E-state index in [2.05, 4.69) is 69.1 Å². The Morgan fingerprint density at radius 1 is 0.941 bits per heavy atom. The van der Waals surface area contributed by atoms with E-state index in [9.17, 15) is 9.59 Å². The molecule has 3 heterocycles. The number of rotatable bonds is 14. The van der Waals surface area contributed by atoms with Gasteiger partial charge in [-0.2, -0.15) is 0 Å². The molecule has 1 aliphatic carbocycles. The highest BCUT2D eigenvalue weighted by atomic mass is 17.2. The van der Waals surface area contributed by atoms with E-state index in [0.717, 1.165) is 57.3 Å². The van der Waals surface area contributed by atoms with Crippen LogP contribution in [0.5, 0.6) is 0 Å². The molecule has 0 bridgehead atoms. The zero-order valence-corrected chi connectivity index (χ0v) is 31.4. The minimum Gasteiger partial charge on any atom is -0.444 e. The number of ether oxygens (including phenoxy) is 2. The van der Waals surface area contributed by atoms with Gasteiger partial charge in [-0.25, -0.2) is 14.6 Å². The predicted molar refractivity (Wildman–Crippen MR) is 200 cm³/mol. The van der Waals surface area contributed by atoms with E-state index in [0.29, 0.717) is 51.8 Å². The summed E-state index contributed by atoms with van der Waals surface area (Å²) in [4.78, 5) is 45.2. The van der Waals surface area contributed by atoms with Crippen molar-refractivity contribution in [3.8, 4) is 0 Å². The molecule has 10 heteroatoms. The van der Waals surface area contributed by atoms with Gasteiger partial charge in [0, 0.05) is 81.8 Å². The molecule has 1 saturated carbocycles. The standard InChI is InChI=1S/C41H58N4O6/c1-6-49-50-29-30-17-21-42(22-18-30)34-12-9-11-31(25-34)35-19-23-44(40(47)51-41(2,3)4)28-37(35)39(46)45(33-15-16-33)27-32-26-43(20-10-24-48-5)38-14-8-7-13-36(32)38/h7-9,11-14,25-26,30,33,35,37H,6,10,15-24,27-29H2,1-5H3/t35-,37+/m1/s1. The molecule has 0 unspecified atom stereocenters. The number of hydrogen-bond acceptors (Lipinski definition) is 7. The van der Waals surface area contributed by atoms with Gasteiger partial charge in [-0.05, 0) is 107 Å². The number of fused-ring (bicyclic) bond motifs is 1. The first kappa shape index (κ1) is 37.2. The van der Waals surface area contributed by atoms with Crippen molar-refractivity contribution < 1.29 is 28.8 Å². The number of nitrogens with zero attached hydrogens (tertiary/aromatic N) is 4. The average Bonchev–Trinajstić information content (AvgIpc) is 3.92. The van der Waals surface area contributed by atoms with Crippen LogP contribution in [0, 0.1) is 11.8 Å². The molecular formula is C41H58N4O6. The predicted octanol–water partition coefficient (Wildman–Crippen LogP) is 7.39. The minimum atomic E-state index is -0.609. The number of benzene rings is 2. The van der Waals surface area contributed by atoms with E-state index in [4.69, 9.17) is 19.2 Å². The van der Waals surface area contributed by atoms with Gasteiger partial charge in [0.15, 0.2) is 0 Å². The number of carbonyl (C=O) groups excluding carboxylic acids is 2. The van der Waals surface area contributed by atoms with Crippen LogP contribution in [-0.2, 0) is 37.1 Å². The number of anilines is 1. The number of hydrogen-bond donors (Lipinski definition) is 0. The lowest BCUT2D eigenvalue weighted by Crippen LogP contribution is -2.51. The third-order valence-electron chi connectivity index (χ3n) is 10.6. The molecule has 3 fully saturated rings. The summed E-state index contributed by atoms with van der Waals surface area (Å²) in [6.07, 6.45) is 7.61. The third kappa shape index (κ3) is 9.45. The molecule has 2 aliphatic heterocycles. The molecule has 2 atom stereocenters. The smallest absolute Gasteiger partial charge is 0.410 e. The quantitative estimate of drug-likeness (QED) is 0.0984. The number of carbonyl (C=O) groups is 2. The summed E-state index contributed by atoms with van der Waals surface area (Å²) in [6.45, 7) is 13.7. The molecule has 2 amide bonds. The summed E-state index contributed by atoms with van der Waals surface area (Å²) >= 11 is 0. The van der Waals surface area contributed by atoms with Crippen molar-refractivity contribution in [2.24, 2.45) is 11.8 Å². The Hall–Kier alpha value is -3.60. The van der Waals surface area contributed by atoms with Crippen LogP contribution in [-0.4, -0.2) is 91.1 Å². The zero-order chi connectivity index (χ0) is 36.0. The van der Waals surface area contributed by atoms with E-state index in [1.807, 2.05) is 27.7 Å². The SMILES string of the molecule is CCOOCC1CCN(c2cccc([C@H]3CCN(C(=O)OC(C)(C)C)C[C@@H]3C(=O)N(Cc3cn(CCCOC)c4ccccc34)C3CC3)c2)CC1. The molecule has 0 radical (unpaired) electrons. The van der Waals surface area contributed by atoms with Gasteiger partial charge >= 0.3 is 6.09 Å². The van der Waals surface area contributed by atoms with E-state index < -0.39 is 5.60 Å². The topological polar surface area (TPSA) is 85.7 Å². The highest BCUT2D eigenvalue weighted by Crippen LogP contribution is 2.40. The maximum Gasteiger partial charge on any atom is 0.410 e. The van der Waals surface area contributed by atoms with Gasteiger partial charge < -0.3 is 28.7 Å². The highest BCUT2D eigenvalue weighted by molar-refractivity contribution is 5.86. The molecule has 51 heavy (non-hydrogen) atoms. The van der Waals surface area contributed by atoms with Crippen molar-refractivity contribution in [2.45, 2.75) is 96.9 Å². The molecule has 278 valence electrons. The van der Waals surface area contributed by atoms with Gasteiger partial charge in [0.1, 0.15) is 5.60 Å². The van der Waals surface area contributed by atoms with Gasteiger partial charge in [-0.3, -0.25) is 4.79 Å². The molecular weight excluding hydrogens is 644 g/mol. The second-order valence-electron chi connectivity index (χ2n) is 15.6. The molecule has 3 aromatic rings. The van der Waals surface area contributed by atoms with Crippen LogP contribution in [0.3, 0.4) is 0 Å². The van der Waals surface area contributed by atoms with Gasteiger partial charge in [0.05, 0.1) is 19.1 Å². The zero-order valence-electron chi connectivity index (χ0n) is 31.4. The molecule has 3 aliphatic rings. The summed E-state index contributed by atoms with van der Waals surface area (Å²) in [5.41, 5.74) is 4.10. The first-order chi connectivity index (χ1) is 24.6. The monoisotopic (exact) mass is 702 g/mol. The molecule has 10 nitrogen and oxygen atoms in total. The van der Waals surface area contributed by atoms with E-state index in [1.165, 1.54) is 22.2 Å². The maximum absolute atomic E-state index is 15.0. The molecule has 1 aromatic heterocycles. The number of piperidine rings is 2. The first-order valence-corrected chi connectivity index (χ1v) is 19.1. The van der Waals surface area contributed by atoms with Crippen LogP contribution in [0.25, 0.3) is 10.9 Å². The number of aromatic nitrogens is 1. The lowest BCUT2D eigenvalue weighted by molar-refractivity contribution is -0.298. The fraction of sp³-hybridized carbons (Fsp3) is 0.610. The Balaban J connectivity index is 1.25. The van der Waals surface area contributed by atoms with Crippen molar-refractivity contribution in [2.75, 3.05) is 58.0 Å². The molecule has 2 saturated heterocycles. The van der Waals surface area contributed by atoms with Gasteiger partial charge in [-0.15, -0.1) is 0 Å². The highest BCUT2D eigenvalue weighted by Gasteiger charge is 2.43. The van der Waals surface area contributed by atoms with Crippen LogP contribution in [0.4, 0.5) is 10.5 Å². The number of amides is 2. The van der Waals surface area contributed by atoms with Crippen molar-refractivity contribution in [1.29, 1.82) is 0 Å². The molecule has 0 spiro atoms. The lowest BCUT2D eigenvalue weighted by Gasteiger charge is -2.41. The van der Waals surface area contributed by atoms with Crippen LogP contribution < -0.4 is 4.90 Å². The number of para-hydroxylation sites is 1. The lowest BCUT2D eigenvalue weighted by atomic mass is 9.79. The summed E-state index contributed by atoms with van der Waals surface area (Å²) in [5.74, 6) is 0.235. The second kappa shape index (κ2) is 16.8. The fourth-order valence-electron chi connectivity index (χ4n) is 7.81. The maximum atomic E-state index is 15.0. The Kier molecular flexibility index (Phi) is 12.3. The summed E-state index contributed by atoms with van der Waals surface area (Å²) in [7, 11) is 1.74. The van der Waals surface area contributed by atoms with E-state index in [-0.39, 0.29) is 29.9 Å². The summed E-state index contributed by atoms with van der Waals surface area (Å²) in [6, 6.07) is 17.5. The van der Waals surface area contributed by atoms with Crippen LogP contribution in [0.1, 0.15) is 83.3 Å². The molecule has 2 aromatic carbocycles. The minimum absolute atomic E-state index is 0.00935. The Labute approximate surface area is 303 Å². The van der Waals surface area contributed by atoms with Crippen molar-refractivity contribution in [3.63, 3.8) is 0 Å². The fourth-order valence-corrected chi connectivity index (χ4v) is 7.81. The number of aryl methyl sites for hydroxylation is 1. The normalized spacial score (nSPS) is 20.2. The number of methoxy groups -OCH3 is 1. The third-order valence-corrected chi connectivity index (χ3v) is 10.6. The Morgan fingerprint density at radius 3 is 2.45 bits per heavy atom. The Morgan fingerprint density at radius 2 is 1.73 bits per heavy atom.